The Morgan fingerprint density at radius 3 is 0.807 bits per heavy atom. The van der Waals surface area contributed by atoms with Crippen LogP contribution >= 0.6 is 0 Å². The Kier molecular flexibility index (Phi) is 12.2. The first-order chi connectivity index (χ1) is 41.2. The lowest BCUT2D eigenvalue weighted by Gasteiger charge is -2.47. The Morgan fingerprint density at radius 1 is 0.241 bits per heavy atom. The number of aromatic nitrogens is 2. The molecule has 5 heteroatoms. The second-order valence-corrected chi connectivity index (χ2v) is 21.3. The molecule has 0 atom stereocenters. The van der Waals surface area contributed by atoms with Crippen molar-refractivity contribution >= 4 is 51.2 Å². The first-order valence-corrected chi connectivity index (χ1v) is 28.4. The summed E-state index contributed by atoms with van der Waals surface area (Å²) in [6.07, 6.45) is 7.42. The quantitative estimate of drug-likeness (QED) is 0.129. The van der Waals surface area contributed by atoms with E-state index in [1.165, 1.54) is 44.5 Å². The molecule has 0 saturated carbocycles. The SMILES string of the molecule is c1ccc(C2(c3ccccc3)c3ccccc3N(c3cc(N(c4ccc(-c5ccncc5)cc4)c4ccc(-c5ccncc5)cc4)cc(N4c5ccccc5C(c5ccccc5)(c5ccccc5)c5ccccc54)c3)c3ccccc32)cc1. The standard InChI is InChI=1S/C78H55N5/c1-5-21-60(22-6-1)77(61-23-7-2-8-24-61)69-29-13-17-33-73(69)82(74-34-18-14-30-70(74)77)67-53-66(81(64-41-37-56(38-42-64)58-45-49-79-50-46-58)65-43-39-57(40-44-65)59-47-51-80-52-48-59)54-68(55-67)83-75-35-19-15-31-71(75)78(62-25-9-3-10-26-62,63-27-11-4-12-28-63)72-32-16-20-36-76(72)83/h1-55H. The van der Waals surface area contributed by atoms with Gasteiger partial charge in [0.25, 0.3) is 0 Å². The summed E-state index contributed by atoms with van der Waals surface area (Å²) in [6.45, 7) is 0. The molecule has 0 unspecified atom stereocenters. The van der Waals surface area contributed by atoms with E-state index in [-0.39, 0.29) is 0 Å². The van der Waals surface area contributed by atoms with Crippen LogP contribution in [0.2, 0.25) is 0 Å². The van der Waals surface area contributed by atoms with E-state index in [0.717, 1.165) is 73.4 Å². The Hall–Kier alpha value is -10.9. The molecule has 2 aromatic heterocycles. The first-order valence-electron chi connectivity index (χ1n) is 28.4. The molecule has 0 spiro atoms. The van der Waals surface area contributed by atoms with Gasteiger partial charge in [-0.3, -0.25) is 9.97 Å². The minimum absolute atomic E-state index is 0.644. The van der Waals surface area contributed by atoms with Gasteiger partial charge in [-0.2, -0.15) is 0 Å². The minimum atomic E-state index is -0.644. The molecule has 13 aromatic rings. The normalized spacial score (nSPS) is 13.4. The van der Waals surface area contributed by atoms with Crippen molar-refractivity contribution in [2.75, 3.05) is 14.7 Å². The summed E-state index contributed by atoms with van der Waals surface area (Å²) in [5.41, 5.74) is 22.2. The maximum absolute atomic E-state index is 4.33. The van der Waals surface area contributed by atoms with Gasteiger partial charge in [0, 0.05) is 36.2 Å². The summed E-state index contributed by atoms with van der Waals surface area (Å²) in [5.74, 6) is 0. The highest BCUT2D eigenvalue weighted by Crippen LogP contribution is 2.61. The van der Waals surface area contributed by atoms with E-state index in [0.29, 0.717) is 0 Å². The van der Waals surface area contributed by atoms with Gasteiger partial charge >= 0.3 is 0 Å². The number of nitrogens with zero attached hydrogens (tertiary/aromatic N) is 5. The van der Waals surface area contributed by atoms with Gasteiger partial charge in [0.15, 0.2) is 0 Å². The molecular formula is C78H55N5. The van der Waals surface area contributed by atoms with Crippen LogP contribution in [-0.4, -0.2) is 9.97 Å². The molecule has 2 aliphatic heterocycles. The lowest BCUT2D eigenvalue weighted by molar-refractivity contribution is 0.730. The van der Waals surface area contributed by atoms with E-state index >= 15 is 0 Å². The van der Waals surface area contributed by atoms with Crippen molar-refractivity contribution in [3.8, 4) is 22.3 Å². The fraction of sp³-hybridized carbons (Fsp3) is 0.0256. The van der Waals surface area contributed by atoms with Crippen molar-refractivity contribution in [1.82, 2.24) is 9.97 Å². The Morgan fingerprint density at radius 2 is 0.506 bits per heavy atom. The zero-order chi connectivity index (χ0) is 55.2. The van der Waals surface area contributed by atoms with Crippen LogP contribution in [0.4, 0.5) is 51.2 Å². The van der Waals surface area contributed by atoms with Crippen LogP contribution in [0.15, 0.2) is 334 Å². The van der Waals surface area contributed by atoms with Gasteiger partial charge in [-0.05, 0) is 158 Å². The maximum Gasteiger partial charge on any atom is 0.0742 e. The fourth-order valence-electron chi connectivity index (χ4n) is 13.5. The number of para-hydroxylation sites is 4. The molecule has 0 saturated heterocycles. The maximum atomic E-state index is 4.33. The predicted molar refractivity (Wildman–Crippen MR) is 341 cm³/mol. The number of hydrogen-bond acceptors (Lipinski definition) is 5. The van der Waals surface area contributed by atoms with Crippen LogP contribution in [-0.2, 0) is 10.8 Å². The highest BCUT2D eigenvalue weighted by molar-refractivity contribution is 5.96. The second-order valence-electron chi connectivity index (χ2n) is 21.3. The molecule has 392 valence electrons. The molecule has 0 bridgehead atoms. The molecule has 11 aromatic carbocycles. The number of benzene rings is 11. The monoisotopic (exact) mass is 1060 g/mol. The molecule has 4 heterocycles. The zero-order valence-corrected chi connectivity index (χ0v) is 45.5. The van der Waals surface area contributed by atoms with E-state index in [2.05, 4.69) is 334 Å². The van der Waals surface area contributed by atoms with Crippen molar-refractivity contribution in [2.45, 2.75) is 10.8 Å². The smallest absolute Gasteiger partial charge is 0.0742 e. The third-order valence-electron chi connectivity index (χ3n) is 17.0. The molecule has 15 rings (SSSR count). The molecule has 0 N–H and O–H groups in total. The highest BCUT2D eigenvalue weighted by atomic mass is 15.2. The summed E-state index contributed by atoms with van der Waals surface area (Å²) < 4.78 is 0. The van der Waals surface area contributed by atoms with Crippen molar-refractivity contribution in [3.63, 3.8) is 0 Å². The van der Waals surface area contributed by atoms with Crippen LogP contribution in [0.1, 0.15) is 44.5 Å². The molecule has 2 aliphatic rings. The molecule has 0 radical (unpaired) electrons. The van der Waals surface area contributed by atoms with Crippen molar-refractivity contribution in [2.24, 2.45) is 0 Å². The summed E-state index contributed by atoms with van der Waals surface area (Å²) in [6, 6.07) is 114. The van der Waals surface area contributed by atoms with Crippen molar-refractivity contribution in [1.29, 1.82) is 0 Å². The third-order valence-corrected chi connectivity index (χ3v) is 17.0. The van der Waals surface area contributed by atoms with Gasteiger partial charge in [-0.1, -0.05) is 218 Å². The summed E-state index contributed by atoms with van der Waals surface area (Å²) in [4.78, 5) is 16.1. The largest absolute Gasteiger partial charge is 0.310 e. The van der Waals surface area contributed by atoms with E-state index in [1.54, 1.807) is 0 Å². The average molecular weight is 1060 g/mol. The Balaban J connectivity index is 1.02. The minimum Gasteiger partial charge on any atom is -0.310 e. The van der Waals surface area contributed by atoms with Crippen LogP contribution in [0.25, 0.3) is 22.3 Å². The second kappa shape index (κ2) is 20.7. The molecule has 0 amide bonds. The zero-order valence-electron chi connectivity index (χ0n) is 45.5. The van der Waals surface area contributed by atoms with Crippen LogP contribution in [0.3, 0.4) is 0 Å². The lowest BCUT2D eigenvalue weighted by atomic mass is 9.62. The fourth-order valence-corrected chi connectivity index (χ4v) is 13.5. The van der Waals surface area contributed by atoms with E-state index < -0.39 is 10.8 Å². The van der Waals surface area contributed by atoms with E-state index in [1.807, 2.05) is 24.8 Å². The number of anilines is 9. The number of pyridine rings is 2. The lowest BCUT2D eigenvalue weighted by Crippen LogP contribution is -2.38. The molecule has 83 heavy (non-hydrogen) atoms. The van der Waals surface area contributed by atoms with Crippen molar-refractivity contribution < 1.29 is 0 Å². The summed E-state index contributed by atoms with van der Waals surface area (Å²) >= 11 is 0. The van der Waals surface area contributed by atoms with Crippen LogP contribution < -0.4 is 14.7 Å². The molecular weight excluding hydrogens is 1010 g/mol. The van der Waals surface area contributed by atoms with Crippen molar-refractivity contribution in [3.05, 3.63) is 379 Å². The highest BCUT2D eigenvalue weighted by Gasteiger charge is 2.48. The van der Waals surface area contributed by atoms with Gasteiger partial charge in [0.05, 0.1) is 50.6 Å². The van der Waals surface area contributed by atoms with Gasteiger partial charge in [-0.15, -0.1) is 0 Å². The number of fused-ring (bicyclic) bond motifs is 4. The summed E-state index contributed by atoms with van der Waals surface area (Å²) in [5, 5.41) is 0. The Bertz CT molecular complexity index is 3960. The average Bonchev–Trinajstić information content (AvgIpc) is 2.87. The molecule has 0 aliphatic carbocycles. The number of rotatable bonds is 11. The van der Waals surface area contributed by atoms with Crippen LogP contribution in [0, 0.1) is 0 Å². The van der Waals surface area contributed by atoms with E-state index in [4.69, 9.17) is 0 Å². The van der Waals surface area contributed by atoms with E-state index in [9.17, 15) is 0 Å². The first kappa shape index (κ1) is 49.2. The van der Waals surface area contributed by atoms with Crippen LogP contribution in [0.5, 0.6) is 0 Å². The van der Waals surface area contributed by atoms with Gasteiger partial charge in [-0.25, -0.2) is 0 Å². The third kappa shape index (κ3) is 8.08. The van der Waals surface area contributed by atoms with Gasteiger partial charge < -0.3 is 14.7 Å². The van der Waals surface area contributed by atoms with Gasteiger partial charge in [0.2, 0.25) is 0 Å². The van der Waals surface area contributed by atoms with Gasteiger partial charge in [0.1, 0.15) is 0 Å². The molecule has 5 nitrogen and oxygen atoms in total. The topological polar surface area (TPSA) is 35.5 Å². The summed E-state index contributed by atoms with van der Waals surface area (Å²) in [7, 11) is 0. The predicted octanol–water partition coefficient (Wildman–Crippen LogP) is 19.6. The molecule has 0 fully saturated rings. The number of hydrogen-bond donors (Lipinski definition) is 0. The Labute approximate surface area is 485 Å².